The number of nitrogens with zero attached hydrogens (tertiary/aromatic N) is 3. The van der Waals surface area contributed by atoms with Gasteiger partial charge in [-0.25, -0.2) is 0 Å². The first kappa shape index (κ1) is 22.6. The maximum atomic E-state index is 12.3. The molecule has 1 aliphatic rings. The first-order valence-corrected chi connectivity index (χ1v) is 9.84. The van der Waals surface area contributed by atoms with E-state index in [2.05, 4.69) is 20.2 Å². The zero-order chi connectivity index (χ0) is 22.6. The number of likely N-dealkylation sites (tertiary alicyclic amines) is 1. The summed E-state index contributed by atoms with van der Waals surface area (Å²) >= 11 is 0. The predicted octanol–water partition coefficient (Wildman–Crippen LogP) is 3.49. The lowest BCUT2D eigenvalue weighted by molar-refractivity contribution is -0.274. The molecule has 0 aliphatic carbocycles. The minimum Gasteiger partial charge on any atom is -0.406 e. The van der Waals surface area contributed by atoms with Crippen molar-refractivity contribution in [2.24, 2.45) is 5.92 Å². The molecule has 31 heavy (non-hydrogen) atoms. The normalized spacial score (nSPS) is 16.8. The third-order valence-corrected chi connectivity index (χ3v) is 4.64. The molecule has 3 rings (SSSR count). The highest BCUT2D eigenvalue weighted by molar-refractivity contribution is 5.79. The molecule has 2 amide bonds. The van der Waals surface area contributed by atoms with Crippen LogP contribution in [0.3, 0.4) is 0 Å². The van der Waals surface area contributed by atoms with Crippen LogP contribution in [-0.4, -0.2) is 33.2 Å². The largest absolute Gasteiger partial charge is 0.573 e. The van der Waals surface area contributed by atoms with Gasteiger partial charge in [-0.2, -0.15) is 4.98 Å². The monoisotopic (exact) mass is 440 g/mol. The SMILES string of the molecule is CC(C)CC(=O)NCc1noc([C@@H]2CCC(=O)N2Cc2ccc(OC(F)(F)F)cc2)n1. The molecule has 8 nitrogen and oxygen atoms in total. The maximum absolute atomic E-state index is 12.3. The smallest absolute Gasteiger partial charge is 0.406 e. The number of amides is 2. The van der Waals surface area contributed by atoms with Gasteiger partial charge in [0, 0.05) is 19.4 Å². The Hall–Kier alpha value is -3.11. The fraction of sp³-hybridized carbons (Fsp3) is 0.500. The molecule has 1 aliphatic heterocycles. The molecule has 1 N–H and O–H groups in total. The molecule has 0 saturated carbocycles. The van der Waals surface area contributed by atoms with E-state index in [1.54, 1.807) is 4.90 Å². The van der Waals surface area contributed by atoms with Gasteiger partial charge >= 0.3 is 6.36 Å². The van der Waals surface area contributed by atoms with E-state index in [9.17, 15) is 22.8 Å². The number of benzene rings is 1. The van der Waals surface area contributed by atoms with E-state index in [1.165, 1.54) is 24.3 Å². The average Bonchev–Trinajstić information content (AvgIpc) is 3.27. The van der Waals surface area contributed by atoms with Gasteiger partial charge in [-0.05, 0) is 30.0 Å². The van der Waals surface area contributed by atoms with E-state index in [0.29, 0.717) is 30.7 Å². The molecular weight excluding hydrogens is 417 g/mol. The molecule has 2 aromatic rings. The molecule has 0 unspecified atom stereocenters. The molecule has 2 heterocycles. The summed E-state index contributed by atoms with van der Waals surface area (Å²) in [7, 11) is 0. The second-order valence-corrected chi connectivity index (χ2v) is 7.69. The van der Waals surface area contributed by atoms with Gasteiger partial charge in [-0.15, -0.1) is 13.2 Å². The van der Waals surface area contributed by atoms with Gasteiger partial charge in [0.15, 0.2) is 5.82 Å². The van der Waals surface area contributed by atoms with Gasteiger partial charge in [-0.3, -0.25) is 9.59 Å². The number of carbonyl (C=O) groups is 2. The minimum absolute atomic E-state index is 0.114. The molecule has 11 heteroatoms. The van der Waals surface area contributed by atoms with E-state index < -0.39 is 12.4 Å². The van der Waals surface area contributed by atoms with E-state index in [-0.39, 0.29) is 42.5 Å². The van der Waals surface area contributed by atoms with Crippen LogP contribution in [0.2, 0.25) is 0 Å². The molecule has 1 saturated heterocycles. The molecule has 0 radical (unpaired) electrons. The zero-order valence-electron chi connectivity index (χ0n) is 17.1. The Kier molecular flexibility index (Phi) is 6.81. The predicted molar refractivity (Wildman–Crippen MR) is 101 cm³/mol. The van der Waals surface area contributed by atoms with Gasteiger partial charge in [0.05, 0.1) is 6.54 Å². The summed E-state index contributed by atoms with van der Waals surface area (Å²) in [5.74, 6) is 0.230. The van der Waals surface area contributed by atoms with Gasteiger partial charge in [-0.1, -0.05) is 31.1 Å². The Labute approximate surface area is 176 Å². The van der Waals surface area contributed by atoms with Crippen molar-refractivity contribution in [1.29, 1.82) is 0 Å². The Morgan fingerprint density at radius 1 is 1.32 bits per heavy atom. The number of hydrogen-bond donors (Lipinski definition) is 1. The highest BCUT2D eigenvalue weighted by Gasteiger charge is 2.36. The van der Waals surface area contributed by atoms with Crippen molar-refractivity contribution in [2.75, 3.05) is 0 Å². The molecule has 168 valence electrons. The number of hydrogen-bond acceptors (Lipinski definition) is 6. The topological polar surface area (TPSA) is 97.6 Å². The zero-order valence-corrected chi connectivity index (χ0v) is 17.1. The van der Waals surface area contributed by atoms with Crippen molar-refractivity contribution in [3.05, 3.63) is 41.5 Å². The van der Waals surface area contributed by atoms with Gasteiger partial charge < -0.3 is 19.5 Å². The Morgan fingerprint density at radius 3 is 2.68 bits per heavy atom. The fourth-order valence-electron chi connectivity index (χ4n) is 3.28. The van der Waals surface area contributed by atoms with Crippen molar-refractivity contribution in [1.82, 2.24) is 20.4 Å². The molecule has 0 bridgehead atoms. The van der Waals surface area contributed by atoms with Crippen LogP contribution in [0.4, 0.5) is 13.2 Å². The number of aromatic nitrogens is 2. The summed E-state index contributed by atoms with van der Waals surface area (Å²) in [6.45, 7) is 4.18. The van der Waals surface area contributed by atoms with Gasteiger partial charge in [0.2, 0.25) is 17.7 Å². The van der Waals surface area contributed by atoms with Crippen LogP contribution >= 0.6 is 0 Å². The standard InChI is InChI=1S/C20H23F3N4O4/c1-12(2)9-17(28)24-10-16-25-19(31-26-16)15-7-8-18(29)27(15)11-13-3-5-14(6-4-13)30-20(21,22)23/h3-6,12,15H,7-11H2,1-2H3,(H,24,28)/t15-/m0/s1. The van der Waals surface area contributed by atoms with Crippen molar-refractivity contribution >= 4 is 11.8 Å². The Morgan fingerprint density at radius 2 is 2.03 bits per heavy atom. The maximum Gasteiger partial charge on any atom is 0.573 e. The summed E-state index contributed by atoms with van der Waals surface area (Å²) in [5.41, 5.74) is 0.635. The minimum atomic E-state index is -4.76. The molecule has 1 atom stereocenters. The number of carbonyl (C=O) groups excluding carboxylic acids is 2. The molecule has 1 fully saturated rings. The van der Waals surface area contributed by atoms with Crippen molar-refractivity contribution in [2.45, 2.75) is 58.6 Å². The van der Waals surface area contributed by atoms with Gasteiger partial charge in [0.25, 0.3) is 0 Å². The fourth-order valence-corrected chi connectivity index (χ4v) is 3.28. The van der Waals surface area contributed by atoms with Crippen LogP contribution in [0.1, 0.15) is 56.4 Å². The van der Waals surface area contributed by atoms with E-state index in [1.807, 2.05) is 13.8 Å². The summed E-state index contributed by atoms with van der Waals surface area (Å²) < 4.78 is 46.0. The van der Waals surface area contributed by atoms with Crippen LogP contribution < -0.4 is 10.1 Å². The lowest BCUT2D eigenvalue weighted by Crippen LogP contribution is -2.27. The Bertz CT molecular complexity index is 912. The number of halogens is 3. The summed E-state index contributed by atoms with van der Waals surface area (Å²) in [5, 5.41) is 6.58. The third-order valence-electron chi connectivity index (χ3n) is 4.64. The Balaban J connectivity index is 1.62. The summed E-state index contributed by atoms with van der Waals surface area (Å²) in [6, 6.07) is 4.89. The van der Waals surface area contributed by atoms with E-state index in [4.69, 9.17) is 4.52 Å². The molecule has 1 aromatic carbocycles. The molecular formula is C20H23F3N4O4. The van der Waals surface area contributed by atoms with Gasteiger partial charge in [0.1, 0.15) is 11.8 Å². The van der Waals surface area contributed by atoms with Crippen LogP contribution in [0.15, 0.2) is 28.8 Å². The van der Waals surface area contributed by atoms with Crippen LogP contribution in [0, 0.1) is 5.92 Å². The van der Waals surface area contributed by atoms with Crippen LogP contribution in [0.25, 0.3) is 0 Å². The van der Waals surface area contributed by atoms with Crippen molar-refractivity contribution < 1.29 is 32.0 Å². The second-order valence-electron chi connectivity index (χ2n) is 7.69. The van der Waals surface area contributed by atoms with Crippen LogP contribution in [-0.2, 0) is 22.7 Å². The average molecular weight is 440 g/mol. The number of nitrogens with one attached hydrogen (secondary N) is 1. The number of alkyl halides is 3. The van der Waals surface area contributed by atoms with Crippen LogP contribution in [0.5, 0.6) is 5.75 Å². The number of ether oxygens (including phenoxy) is 1. The summed E-state index contributed by atoms with van der Waals surface area (Å²) in [4.78, 5) is 30.0. The third kappa shape index (κ3) is 6.43. The van der Waals surface area contributed by atoms with E-state index in [0.717, 1.165) is 0 Å². The van der Waals surface area contributed by atoms with E-state index >= 15 is 0 Å². The van der Waals surface area contributed by atoms with Crippen molar-refractivity contribution in [3.8, 4) is 5.75 Å². The van der Waals surface area contributed by atoms with Crippen molar-refractivity contribution in [3.63, 3.8) is 0 Å². The first-order valence-electron chi connectivity index (χ1n) is 9.84. The number of rotatable bonds is 8. The molecule has 1 aromatic heterocycles. The quantitative estimate of drug-likeness (QED) is 0.675. The highest BCUT2D eigenvalue weighted by Crippen LogP contribution is 2.33. The highest BCUT2D eigenvalue weighted by atomic mass is 19.4. The first-order chi connectivity index (χ1) is 14.6. The molecule has 0 spiro atoms. The summed E-state index contributed by atoms with van der Waals surface area (Å²) in [6.07, 6.45) is -3.60. The lowest BCUT2D eigenvalue weighted by Gasteiger charge is -2.22. The second kappa shape index (κ2) is 9.36. The lowest BCUT2D eigenvalue weighted by atomic mass is 10.1.